The zero-order chi connectivity index (χ0) is 20.2. The second-order valence-electron chi connectivity index (χ2n) is 6.60. The summed E-state index contributed by atoms with van der Waals surface area (Å²) in [5.41, 5.74) is 1.49. The first kappa shape index (κ1) is 18.3. The third kappa shape index (κ3) is 2.94. The Morgan fingerprint density at radius 2 is 1.41 bits per heavy atom. The second-order valence-corrected chi connectivity index (χ2v) is 8.90. The summed E-state index contributed by atoms with van der Waals surface area (Å²) in [5, 5.41) is 3.45. The molecule has 0 bridgehead atoms. The van der Waals surface area contributed by atoms with Gasteiger partial charge in [-0.2, -0.15) is 8.42 Å². The highest BCUT2D eigenvalue weighted by Crippen LogP contribution is 2.38. The Morgan fingerprint density at radius 1 is 0.759 bits per heavy atom. The van der Waals surface area contributed by atoms with Gasteiger partial charge in [-0.25, -0.2) is 0 Å². The van der Waals surface area contributed by atoms with Crippen LogP contribution in [0, 0.1) is 0 Å². The summed E-state index contributed by atoms with van der Waals surface area (Å²) in [6, 6.07) is 21.4. The molecule has 1 heterocycles. The molecule has 1 aromatic heterocycles. The van der Waals surface area contributed by atoms with Gasteiger partial charge in [-0.05, 0) is 18.2 Å². The van der Waals surface area contributed by atoms with Gasteiger partial charge in [0.1, 0.15) is 4.90 Å². The van der Waals surface area contributed by atoms with E-state index in [0.29, 0.717) is 16.3 Å². The van der Waals surface area contributed by atoms with Crippen LogP contribution >= 0.6 is 23.2 Å². The summed E-state index contributed by atoms with van der Waals surface area (Å²) in [7, 11) is -4.22. The van der Waals surface area contributed by atoms with Crippen LogP contribution in [0.2, 0.25) is 10.0 Å². The standard InChI is InChI=1S/C22H13Cl2NO3S/c23-17-12-20(21(24)15-8-2-1-6-13(15)17)29(26,27)28-19-11-5-9-16-14-7-3-4-10-18(14)25-22(16)19/h1-12,25H. The van der Waals surface area contributed by atoms with Crippen LogP contribution in [0.15, 0.2) is 77.7 Å². The lowest BCUT2D eigenvalue weighted by molar-refractivity contribution is 0.488. The van der Waals surface area contributed by atoms with Crippen molar-refractivity contribution in [2.24, 2.45) is 0 Å². The van der Waals surface area contributed by atoms with E-state index in [-0.39, 0.29) is 20.7 Å². The number of aromatic nitrogens is 1. The number of rotatable bonds is 3. The minimum absolute atomic E-state index is 0.0776. The van der Waals surface area contributed by atoms with Crippen LogP contribution in [0.5, 0.6) is 5.75 Å². The molecule has 4 nitrogen and oxygen atoms in total. The number of para-hydroxylation sites is 2. The van der Waals surface area contributed by atoms with Gasteiger partial charge in [-0.15, -0.1) is 0 Å². The van der Waals surface area contributed by atoms with Gasteiger partial charge >= 0.3 is 10.1 Å². The second kappa shape index (κ2) is 6.66. The number of H-pyrrole nitrogens is 1. The molecule has 0 atom stereocenters. The normalized spacial score (nSPS) is 12.1. The lowest BCUT2D eigenvalue weighted by Gasteiger charge is -2.12. The Morgan fingerprint density at radius 3 is 2.21 bits per heavy atom. The molecule has 0 aliphatic carbocycles. The molecule has 0 aliphatic rings. The van der Waals surface area contributed by atoms with Crippen molar-refractivity contribution in [1.82, 2.24) is 4.98 Å². The topological polar surface area (TPSA) is 59.2 Å². The zero-order valence-electron chi connectivity index (χ0n) is 14.8. The number of hydrogen-bond donors (Lipinski definition) is 1. The molecule has 5 rings (SSSR count). The average molecular weight is 442 g/mol. The first-order valence-electron chi connectivity index (χ1n) is 8.76. The Kier molecular flexibility index (Phi) is 4.21. The van der Waals surface area contributed by atoms with Crippen molar-refractivity contribution in [1.29, 1.82) is 0 Å². The summed E-state index contributed by atoms with van der Waals surface area (Å²) in [5.74, 6) is 0.194. The molecule has 0 radical (unpaired) electrons. The Hall–Kier alpha value is -2.73. The molecule has 4 aromatic carbocycles. The van der Waals surface area contributed by atoms with Gasteiger partial charge in [0.05, 0.1) is 10.5 Å². The van der Waals surface area contributed by atoms with Crippen LogP contribution in [-0.2, 0) is 10.1 Å². The van der Waals surface area contributed by atoms with Gasteiger partial charge in [0.25, 0.3) is 0 Å². The molecule has 5 aromatic rings. The first-order chi connectivity index (χ1) is 14.0. The smallest absolute Gasteiger partial charge is 0.340 e. The molecular formula is C22H13Cl2NO3S. The van der Waals surface area contributed by atoms with Gasteiger partial charge in [0.15, 0.2) is 5.75 Å². The molecule has 144 valence electrons. The van der Waals surface area contributed by atoms with Gasteiger partial charge in [-0.3, -0.25) is 0 Å². The molecule has 0 aliphatic heterocycles. The fraction of sp³-hybridized carbons (Fsp3) is 0. The molecular weight excluding hydrogens is 429 g/mol. The summed E-state index contributed by atoms with van der Waals surface area (Å²) in [6.07, 6.45) is 0. The Balaban J connectivity index is 1.68. The van der Waals surface area contributed by atoms with Crippen molar-refractivity contribution >= 4 is 65.9 Å². The van der Waals surface area contributed by atoms with E-state index in [1.165, 1.54) is 6.07 Å². The van der Waals surface area contributed by atoms with Gasteiger partial charge in [0, 0.05) is 32.1 Å². The van der Waals surface area contributed by atoms with E-state index in [2.05, 4.69) is 4.98 Å². The van der Waals surface area contributed by atoms with Crippen molar-refractivity contribution < 1.29 is 12.6 Å². The molecule has 1 N–H and O–H groups in total. The summed E-state index contributed by atoms with van der Waals surface area (Å²) < 4.78 is 31.7. The third-order valence-electron chi connectivity index (χ3n) is 4.87. The van der Waals surface area contributed by atoms with Crippen LogP contribution < -0.4 is 4.18 Å². The maximum atomic E-state index is 13.1. The van der Waals surface area contributed by atoms with E-state index >= 15 is 0 Å². The number of halogens is 2. The van der Waals surface area contributed by atoms with E-state index in [1.807, 2.05) is 36.4 Å². The summed E-state index contributed by atoms with van der Waals surface area (Å²) in [6.45, 7) is 0. The van der Waals surface area contributed by atoms with E-state index in [1.54, 1.807) is 30.3 Å². The zero-order valence-corrected chi connectivity index (χ0v) is 17.1. The van der Waals surface area contributed by atoms with Crippen molar-refractivity contribution in [2.75, 3.05) is 0 Å². The molecule has 0 saturated carbocycles. The minimum atomic E-state index is -4.22. The molecule has 0 spiro atoms. The first-order valence-corrected chi connectivity index (χ1v) is 10.9. The average Bonchev–Trinajstić information content (AvgIpc) is 3.10. The van der Waals surface area contributed by atoms with Crippen molar-refractivity contribution in [2.45, 2.75) is 4.90 Å². The van der Waals surface area contributed by atoms with Crippen LogP contribution in [0.1, 0.15) is 0 Å². The highest BCUT2D eigenvalue weighted by molar-refractivity contribution is 7.87. The Bertz CT molecular complexity index is 1520. The van der Waals surface area contributed by atoms with Gasteiger partial charge < -0.3 is 9.17 Å². The van der Waals surface area contributed by atoms with Crippen LogP contribution in [-0.4, -0.2) is 13.4 Å². The molecule has 0 saturated heterocycles. The Labute approximate surface area is 176 Å². The lowest BCUT2D eigenvalue weighted by atomic mass is 10.1. The third-order valence-corrected chi connectivity index (χ3v) is 6.96. The maximum Gasteiger partial charge on any atom is 0.340 e. The fourth-order valence-electron chi connectivity index (χ4n) is 3.53. The highest BCUT2D eigenvalue weighted by atomic mass is 35.5. The molecule has 0 fully saturated rings. The van der Waals surface area contributed by atoms with Gasteiger partial charge in [-0.1, -0.05) is 77.8 Å². The van der Waals surface area contributed by atoms with E-state index in [0.717, 1.165) is 16.3 Å². The monoisotopic (exact) mass is 441 g/mol. The minimum Gasteiger partial charge on any atom is -0.377 e. The number of aromatic amines is 1. The fourth-order valence-corrected chi connectivity index (χ4v) is 5.43. The van der Waals surface area contributed by atoms with E-state index in [9.17, 15) is 8.42 Å². The predicted molar refractivity (Wildman–Crippen MR) is 118 cm³/mol. The van der Waals surface area contributed by atoms with Crippen molar-refractivity contribution in [3.8, 4) is 5.75 Å². The summed E-state index contributed by atoms with van der Waals surface area (Å²) in [4.78, 5) is 3.06. The quantitative estimate of drug-likeness (QED) is 0.323. The number of hydrogen-bond acceptors (Lipinski definition) is 3. The number of fused-ring (bicyclic) bond motifs is 4. The van der Waals surface area contributed by atoms with Crippen LogP contribution in [0.4, 0.5) is 0 Å². The molecule has 0 unspecified atom stereocenters. The van der Waals surface area contributed by atoms with Crippen molar-refractivity contribution in [3.05, 3.63) is 82.8 Å². The van der Waals surface area contributed by atoms with E-state index < -0.39 is 10.1 Å². The summed E-state index contributed by atoms with van der Waals surface area (Å²) >= 11 is 12.7. The van der Waals surface area contributed by atoms with Gasteiger partial charge in [0.2, 0.25) is 0 Å². The molecule has 7 heteroatoms. The number of benzene rings is 4. The largest absolute Gasteiger partial charge is 0.377 e. The highest BCUT2D eigenvalue weighted by Gasteiger charge is 2.25. The van der Waals surface area contributed by atoms with Crippen molar-refractivity contribution in [3.63, 3.8) is 0 Å². The van der Waals surface area contributed by atoms with E-state index in [4.69, 9.17) is 27.4 Å². The lowest BCUT2D eigenvalue weighted by Crippen LogP contribution is -2.11. The van der Waals surface area contributed by atoms with Crippen LogP contribution in [0.25, 0.3) is 32.6 Å². The predicted octanol–water partition coefficient (Wildman–Crippen LogP) is 6.55. The number of nitrogens with one attached hydrogen (secondary N) is 1. The maximum absolute atomic E-state index is 13.1. The van der Waals surface area contributed by atoms with Crippen LogP contribution in [0.3, 0.4) is 0 Å². The molecule has 0 amide bonds. The molecule has 29 heavy (non-hydrogen) atoms. The SMILES string of the molecule is O=S(=O)(Oc1cccc2c1[nH]c1ccccc12)c1cc(Cl)c2ccccc2c1Cl.